The number of rotatable bonds is 7. The zero-order chi connectivity index (χ0) is 10.3. The largest absolute Gasteiger partial charge is 0.314 e. The first-order valence-electron chi connectivity index (χ1n) is 5.43. The summed E-state index contributed by atoms with van der Waals surface area (Å²) < 4.78 is 0. The SMILES string of the molecule is CCCC(C)CNC(C)CC(C)Br. The molecule has 13 heavy (non-hydrogen) atoms. The molecular formula is C11H24BrN. The molecule has 0 heterocycles. The van der Waals surface area contributed by atoms with Gasteiger partial charge in [-0.05, 0) is 32.2 Å². The van der Waals surface area contributed by atoms with Crippen molar-refractivity contribution in [1.29, 1.82) is 0 Å². The van der Waals surface area contributed by atoms with Crippen molar-refractivity contribution >= 4 is 15.9 Å². The van der Waals surface area contributed by atoms with Crippen LogP contribution in [0, 0.1) is 5.92 Å². The minimum absolute atomic E-state index is 0.622. The highest BCUT2D eigenvalue weighted by molar-refractivity contribution is 9.09. The van der Waals surface area contributed by atoms with E-state index in [1.54, 1.807) is 0 Å². The molecule has 3 unspecified atom stereocenters. The molecule has 0 aliphatic carbocycles. The van der Waals surface area contributed by atoms with Crippen molar-refractivity contribution in [2.45, 2.75) is 57.8 Å². The zero-order valence-corrected chi connectivity index (χ0v) is 11.0. The number of alkyl halides is 1. The van der Waals surface area contributed by atoms with Crippen LogP contribution in [0.1, 0.15) is 47.0 Å². The van der Waals surface area contributed by atoms with Gasteiger partial charge in [-0.3, -0.25) is 0 Å². The fourth-order valence-corrected chi connectivity index (χ4v) is 2.13. The Bertz CT molecular complexity index is 115. The predicted octanol–water partition coefficient (Wildman–Crippen LogP) is 3.57. The first kappa shape index (κ1) is 13.4. The molecule has 0 saturated carbocycles. The third-order valence-electron chi connectivity index (χ3n) is 2.27. The Morgan fingerprint density at radius 3 is 2.31 bits per heavy atom. The van der Waals surface area contributed by atoms with Crippen LogP contribution in [0.2, 0.25) is 0 Å². The fourth-order valence-electron chi connectivity index (χ4n) is 1.57. The number of hydrogen-bond donors (Lipinski definition) is 1. The van der Waals surface area contributed by atoms with E-state index in [1.807, 2.05) is 0 Å². The summed E-state index contributed by atoms with van der Waals surface area (Å²) in [7, 11) is 0. The van der Waals surface area contributed by atoms with E-state index in [-0.39, 0.29) is 0 Å². The lowest BCUT2D eigenvalue weighted by atomic mass is 10.1. The summed E-state index contributed by atoms with van der Waals surface area (Å²) in [4.78, 5) is 0.622. The normalized spacial score (nSPS) is 18.2. The van der Waals surface area contributed by atoms with Gasteiger partial charge in [0.15, 0.2) is 0 Å². The summed E-state index contributed by atoms with van der Waals surface area (Å²) in [6.45, 7) is 10.2. The average Bonchev–Trinajstić information content (AvgIpc) is 2.00. The van der Waals surface area contributed by atoms with E-state index >= 15 is 0 Å². The van der Waals surface area contributed by atoms with Crippen molar-refractivity contribution in [1.82, 2.24) is 5.32 Å². The summed E-state index contributed by atoms with van der Waals surface area (Å²) in [5, 5.41) is 3.57. The van der Waals surface area contributed by atoms with Gasteiger partial charge in [0, 0.05) is 10.9 Å². The second kappa shape index (κ2) is 7.81. The highest BCUT2D eigenvalue weighted by atomic mass is 79.9. The molecule has 0 aromatic carbocycles. The van der Waals surface area contributed by atoms with E-state index in [0.717, 1.165) is 12.5 Å². The van der Waals surface area contributed by atoms with Crippen LogP contribution < -0.4 is 5.32 Å². The molecule has 0 bridgehead atoms. The molecule has 2 heteroatoms. The molecule has 0 saturated heterocycles. The third-order valence-corrected chi connectivity index (χ3v) is 2.65. The topological polar surface area (TPSA) is 12.0 Å². The lowest BCUT2D eigenvalue weighted by Gasteiger charge is -2.18. The van der Waals surface area contributed by atoms with E-state index in [1.165, 1.54) is 19.3 Å². The van der Waals surface area contributed by atoms with Gasteiger partial charge in [0.1, 0.15) is 0 Å². The first-order chi connectivity index (χ1) is 6.06. The molecule has 0 aliphatic rings. The molecule has 0 radical (unpaired) electrons. The van der Waals surface area contributed by atoms with Crippen LogP contribution in [-0.2, 0) is 0 Å². The monoisotopic (exact) mass is 249 g/mol. The Hall–Kier alpha value is 0.440. The molecule has 0 rings (SSSR count). The molecule has 0 spiro atoms. The van der Waals surface area contributed by atoms with Crippen molar-refractivity contribution < 1.29 is 0 Å². The van der Waals surface area contributed by atoms with Crippen LogP contribution in [0.4, 0.5) is 0 Å². The Kier molecular flexibility index (Phi) is 8.07. The number of nitrogens with one attached hydrogen (secondary N) is 1. The molecule has 80 valence electrons. The maximum atomic E-state index is 3.57. The Morgan fingerprint density at radius 1 is 1.23 bits per heavy atom. The summed E-state index contributed by atoms with van der Waals surface area (Å²) in [5.41, 5.74) is 0. The van der Waals surface area contributed by atoms with Gasteiger partial charge < -0.3 is 5.32 Å². The van der Waals surface area contributed by atoms with Gasteiger partial charge >= 0.3 is 0 Å². The van der Waals surface area contributed by atoms with Gasteiger partial charge in [0.25, 0.3) is 0 Å². The van der Waals surface area contributed by atoms with Crippen LogP contribution in [-0.4, -0.2) is 17.4 Å². The van der Waals surface area contributed by atoms with Crippen LogP contribution >= 0.6 is 15.9 Å². The standard InChI is InChI=1S/C11H24BrN/c1-5-6-9(2)8-13-11(4)7-10(3)12/h9-11,13H,5-8H2,1-4H3. The van der Waals surface area contributed by atoms with Crippen molar-refractivity contribution in [2.75, 3.05) is 6.54 Å². The average molecular weight is 250 g/mol. The molecule has 3 atom stereocenters. The minimum Gasteiger partial charge on any atom is -0.314 e. The molecule has 0 aromatic heterocycles. The molecule has 1 N–H and O–H groups in total. The van der Waals surface area contributed by atoms with E-state index in [4.69, 9.17) is 0 Å². The molecule has 0 aliphatic heterocycles. The van der Waals surface area contributed by atoms with Crippen molar-refractivity contribution in [2.24, 2.45) is 5.92 Å². The van der Waals surface area contributed by atoms with Crippen LogP contribution in [0.5, 0.6) is 0 Å². The molecule has 1 nitrogen and oxygen atoms in total. The zero-order valence-electron chi connectivity index (χ0n) is 9.44. The fraction of sp³-hybridized carbons (Fsp3) is 1.00. The summed E-state index contributed by atoms with van der Waals surface area (Å²) >= 11 is 3.57. The molecule has 0 fully saturated rings. The summed E-state index contributed by atoms with van der Waals surface area (Å²) in [5.74, 6) is 0.818. The highest BCUT2D eigenvalue weighted by Gasteiger charge is 2.06. The van der Waals surface area contributed by atoms with E-state index < -0.39 is 0 Å². The Balaban J connectivity index is 3.40. The van der Waals surface area contributed by atoms with Crippen molar-refractivity contribution in [3.8, 4) is 0 Å². The lowest BCUT2D eigenvalue weighted by Crippen LogP contribution is -2.31. The van der Waals surface area contributed by atoms with Crippen LogP contribution in [0.15, 0.2) is 0 Å². The van der Waals surface area contributed by atoms with E-state index in [9.17, 15) is 0 Å². The highest BCUT2D eigenvalue weighted by Crippen LogP contribution is 2.08. The maximum Gasteiger partial charge on any atom is 0.0132 e. The smallest absolute Gasteiger partial charge is 0.0132 e. The van der Waals surface area contributed by atoms with Crippen LogP contribution in [0.3, 0.4) is 0 Å². The quantitative estimate of drug-likeness (QED) is 0.681. The van der Waals surface area contributed by atoms with Gasteiger partial charge in [-0.25, -0.2) is 0 Å². The molecule has 0 aromatic rings. The van der Waals surface area contributed by atoms with E-state index in [0.29, 0.717) is 10.9 Å². The molecular weight excluding hydrogens is 226 g/mol. The predicted molar refractivity (Wildman–Crippen MR) is 64.5 cm³/mol. The first-order valence-corrected chi connectivity index (χ1v) is 6.35. The second-order valence-electron chi connectivity index (χ2n) is 4.22. The van der Waals surface area contributed by atoms with Crippen molar-refractivity contribution in [3.05, 3.63) is 0 Å². The number of hydrogen-bond acceptors (Lipinski definition) is 1. The maximum absolute atomic E-state index is 3.57. The summed E-state index contributed by atoms with van der Waals surface area (Å²) in [6, 6.07) is 0.633. The lowest BCUT2D eigenvalue weighted by molar-refractivity contribution is 0.426. The third kappa shape index (κ3) is 8.76. The van der Waals surface area contributed by atoms with Gasteiger partial charge in [-0.1, -0.05) is 43.1 Å². The van der Waals surface area contributed by atoms with Gasteiger partial charge in [-0.15, -0.1) is 0 Å². The number of halogens is 1. The Morgan fingerprint density at radius 2 is 1.85 bits per heavy atom. The van der Waals surface area contributed by atoms with Crippen LogP contribution in [0.25, 0.3) is 0 Å². The van der Waals surface area contributed by atoms with Crippen molar-refractivity contribution in [3.63, 3.8) is 0 Å². The Labute approximate surface area is 91.8 Å². The summed E-state index contributed by atoms with van der Waals surface area (Å²) in [6.07, 6.45) is 3.84. The van der Waals surface area contributed by atoms with Gasteiger partial charge in [-0.2, -0.15) is 0 Å². The minimum atomic E-state index is 0.622. The second-order valence-corrected chi connectivity index (χ2v) is 5.78. The van der Waals surface area contributed by atoms with Gasteiger partial charge in [0.05, 0.1) is 0 Å². The van der Waals surface area contributed by atoms with E-state index in [2.05, 4.69) is 48.9 Å². The molecule has 0 amide bonds. The van der Waals surface area contributed by atoms with Gasteiger partial charge in [0.2, 0.25) is 0 Å².